The van der Waals surface area contributed by atoms with Crippen molar-refractivity contribution >= 4 is 17.1 Å². The summed E-state index contributed by atoms with van der Waals surface area (Å²) >= 11 is 0. The Morgan fingerprint density at radius 1 is 0.737 bits per heavy atom. The molecule has 0 fully saturated rings. The first-order valence-electron chi connectivity index (χ1n) is 12.2. The molecule has 0 radical (unpaired) electrons. The number of para-hydroxylation sites is 2. The summed E-state index contributed by atoms with van der Waals surface area (Å²) in [6, 6.07) is 37.9. The molecule has 0 aliphatic rings. The number of aryl methyl sites for hydroxylation is 2. The zero-order chi connectivity index (χ0) is 25.2. The van der Waals surface area contributed by atoms with Gasteiger partial charge in [-0.2, -0.15) is 11.2 Å². The predicted octanol–water partition coefficient (Wildman–Crippen LogP) is 7.41. The van der Waals surface area contributed by atoms with Crippen molar-refractivity contribution < 1.29 is 21.1 Å². The van der Waals surface area contributed by atoms with E-state index < -0.39 is 0 Å². The van der Waals surface area contributed by atoms with Crippen LogP contribution in [-0.2, 0) is 21.1 Å². The maximum absolute atomic E-state index is 4.73. The summed E-state index contributed by atoms with van der Waals surface area (Å²) in [5.41, 5.74) is 9.06. The number of anilines is 3. The molecule has 0 saturated carbocycles. The molecular weight excluding hydrogens is 649 g/mol. The van der Waals surface area contributed by atoms with Gasteiger partial charge in [0.15, 0.2) is 0 Å². The quantitative estimate of drug-likeness (QED) is 0.173. The van der Waals surface area contributed by atoms with Crippen LogP contribution >= 0.6 is 0 Å². The van der Waals surface area contributed by atoms with E-state index in [4.69, 9.17) is 4.98 Å². The largest absolute Gasteiger partial charge is 2.00 e. The van der Waals surface area contributed by atoms with E-state index in [-0.39, 0.29) is 21.1 Å². The monoisotopic (exact) mass is 674 g/mol. The third kappa shape index (κ3) is 4.98. The van der Waals surface area contributed by atoms with Crippen LogP contribution in [0.15, 0.2) is 116 Å². The van der Waals surface area contributed by atoms with Crippen LogP contribution in [0.25, 0.3) is 22.6 Å². The van der Waals surface area contributed by atoms with Crippen molar-refractivity contribution in [1.29, 1.82) is 0 Å². The van der Waals surface area contributed by atoms with Gasteiger partial charge in [0.1, 0.15) is 0 Å². The van der Waals surface area contributed by atoms with E-state index in [0.29, 0.717) is 0 Å². The molecule has 5 nitrogen and oxygen atoms in total. The minimum absolute atomic E-state index is 0. The van der Waals surface area contributed by atoms with E-state index in [1.165, 1.54) is 11.1 Å². The summed E-state index contributed by atoms with van der Waals surface area (Å²) < 4.78 is 3.91. The van der Waals surface area contributed by atoms with Crippen molar-refractivity contribution in [2.45, 2.75) is 13.8 Å². The molecule has 2 heterocycles. The minimum Gasteiger partial charge on any atom is -0.352 e. The first-order chi connectivity index (χ1) is 18.2. The Morgan fingerprint density at radius 2 is 1.45 bits per heavy atom. The van der Waals surface area contributed by atoms with Gasteiger partial charge in [0.25, 0.3) is 0 Å². The average Bonchev–Trinajstić information content (AvgIpc) is 3.63. The zero-order valence-corrected chi connectivity index (χ0v) is 23.3. The maximum atomic E-state index is 4.73. The summed E-state index contributed by atoms with van der Waals surface area (Å²) in [6.07, 6.45) is 7.63. The van der Waals surface area contributed by atoms with Crippen LogP contribution in [0.5, 0.6) is 0 Å². The Kier molecular flexibility index (Phi) is 7.39. The van der Waals surface area contributed by atoms with E-state index in [1.807, 2.05) is 65.7 Å². The molecule has 0 bridgehead atoms. The number of nitrogens with zero attached hydrogens (tertiary/aromatic N) is 5. The fourth-order valence-electron chi connectivity index (χ4n) is 4.64. The van der Waals surface area contributed by atoms with Gasteiger partial charge in [-0.25, -0.2) is 0 Å². The molecule has 2 aromatic heterocycles. The van der Waals surface area contributed by atoms with Gasteiger partial charge in [-0.05, 0) is 60.7 Å². The molecule has 4 aromatic carbocycles. The summed E-state index contributed by atoms with van der Waals surface area (Å²) in [7, 11) is 0. The summed E-state index contributed by atoms with van der Waals surface area (Å²) in [4.78, 5) is 6.88. The third-order valence-corrected chi connectivity index (χ3v) is 6.35. The normalized spacial score (nSPS) is 10.7. The van der Waals surface area contributed by atoms with Crippen molar-refractivity contribution in [3.05, 3.63) is 139 Å². The van der Waals surface area contributed by atoms with Crippen LogP contribution in [0.4, 0.5) is 17.1 Å². The first kappa shape index (κ1) is 25.4. The average molecular weight is 675 g/mol. The van der Waals surface area contributed by atoms with Gasteiger partial charge in [0.2, 0.25) is 0 Å². The molecule has 0 N–H and O–H groups in total. The van der Waals surface area contributed by atoms with Crippen molar-refractivity contribution in [3.8, 4) is 22.6 Å². The molecule has 6 aromatic rings. The fraction of sp³-hybridized carbons (Fsp3) is 0.0625. The molecule has 0 atom stereocenters. The van der Waals surface area contributed by atoms with Gasteiger partial charge in [-0.15, -0.1) is 48.0 Å². The summed E-state index contributed by atoms with van der Waals surface area (Å²) in [5.74, 6) is 0. The second-order valence-corrected chi connectivity index (χ2v) is 8.90. The van der Waals surface area contributed by atoms with Gasteiger partial charge < -0.3 is 9.47 Å². The van der Waals surface area contributed by atoms with Gasteiger partial charge in [-0.1, -0.05) is 42.1 Å². The maximum Gasteiger partial charge on any atom is 2.00 e. The van der Waals surface area contributed by atoms with Crippen LogP contribution in [0.3, 0.4) is 0 Å². The number of hydrogen-bond donors (Lipinski definition) is 0. The summed E-state index contributed by atoms with van der Waals surface area (Å²) in [5, 5.41) is 4.37. The summed E-state index contributed by atoms with van der Waals surface area (Å²) in [6.45, 7) is 4.25. The second-order valence-electron chi connectivity index (χ2n) is 8.90. The minimum atomic E-state index is 0. The molecule has 188 valence electrons. The van der Waals surface area contributed by atoms with Crippen LogP contribution < -0.4 is 4.90 Å². The molecule has 0 aliphatic carbocycles. The topological polar surface area (TPSA) is 38.9 Å². The molecular formula is C32H25N5Pt. The van der Waals surface area contributed by atoms with Crippen LogP contribution in [0.2, 0.25) is 0 Å². The predicted molar refractivity (Wildman–Crippen MR) is 148 cm³/mol. The Labute approximate surface area is 237 Å². The van der Waals surface area contributed by atoms with Crippen LogP contribution in [0.1, 0.15) is 11.1 Å². The number of benzene rings is 4. The first-order valence-corrected chi connectivity index (χ1v) is 12.2. The third-order valence-electron chi connectivity index (χ3n) is 6.35. The number of imidazole rings is 1. The molecule has 0 amide bonds. The van der Waals surface area contributed by atoms with Gasteiger partial charge in [0.05, 0.1) is 12.0 Å². The van der Waals surface area contributed by atoms with E-state index in [1.54, 1.807) is 6.20 Å². The van der Waals surface area contributed by atoms with E-state index >= 15 is 0 Å². The molecule has 0 saturated heterocycles. The van der Waals surface area contributed by atoms with E-state index in [2.05, 4.69) is 89.2 Å². The fourth-order valence-corrected chi connectivity index (χ4v) is 4.64. The Hall–Kier alpha value is -4.21. The standard InChI is InChI=1S/C32H25N5.Pt/c1-24-10-6-11-25(2)32(24)35-22-31(33-23-35)26-12-7-16-29(20-26)37(27-13-4-3-5-14-27)30-17-8-15-28(21-30)36-19-9-18-34-36;/h3-19,22-23H,1-2H3;/q-2;+2. The van der Waals surface area contributed by atoms with E-state index in [9.17, 15) is 0 Å². The number of aromatic nitrogens is 4. The molecule has 6 rings (SSSR count). The van der Waals surface area contributed by atoms with Crippen molar-refractivity contribution in [2.75, 3.05) is 4.90 Å². The Balaban J connectivity index is 0.00000294. The van der Waals surface area contributed by atoms with Crippen molar-refractivity contribution in [1.82, 2.24) is 19.3 Å². The second kappa shape index (κ2) is 11.0. The molecule has 38 heavy (non-hydrogen) atoms. The Bertz CT molecular complexity index is 1630. The zero-order valence-electron chi connectivity index (χ0n) is 21.0. The smallest absolute Gasteiger partial charge is 0.352 e. The molecule has 0 spiro atoms. The van der Waals surface area contributed by atoms with Gasteiger partial charge in [-0.3, -0.25) is 9.67 Å². The SMILES string of the molecule is Cc1cccc(C)c1-n1cnc(-c2[c-]c(N(c3[c-]c(-n4cccn4)ccc3)c3ccccc3)ccc2)c1.[Pt+2]. The Morgan fingerprint density at radius 3 is 2.18 bits per heavy atom. The van der Waals surface area contributed by atoms with Crippen molar-refractivity contribution in [3.63, 3.8) is 0 Å². The van der Waals surface area contributed by atoms with Crippen LogP contribution in [-0.4, -0.2) is 19.3 Å². The molecule has 6 heteroatoms. The number of rotatable bonds is 6. The van der Waals surface area contributed by atoms with Crippen LogP contribution in [0, 0.1) is 26.0 Å². The van der Waals surface area contributed by atoms with E-state index in [0.717, 1.165) is 39.7 Å². The number of hydrogen-bond acceptors (Lipinski definition) is 3. The van der Waals surface area contributed by atoms with Gasteiger partial charge in [0, 0.05) is 23.8 Å². The van der Waals surface area contributed by atoms with Gasteiger partial charge >= 0.3 is 21.1 Å². The molecule has 0 aliphatic heterocycles. The van der Waals surface area contributed by atoms with Crippen molar-refractivity contribution in [2.24, 2.45) is 0 Å². The molecule has 0 unspecified atom stereocenters.